The molecule has 2 aromatic rings. The highest BCUT2D eigenvalue weighted by molar-refractivity contribution is 6.31. The fourth-order valence-corrected chi connectivity index (χ4v) is 5.92. The van der Waals surface area contributed by atoms with Gasteiger partial charge in [-0.1, -0.05) is 69.8 Å². The van der Waals surface area contributed by atoms with E-state index in [0.717, 1.165) is 61.0 Å². The Labute approximate surface area is 256 Å². The summed E-state index contributed by atoms with van der Waals surface area (Å²) in [6, 6.07) is 13.9. The van der Waals surface area contributed by atoms with Crippen LogP contribution in [-0.2, 0) is 35.9 Å². The maximum atomic E-state index is 10.8. The maximum Gasteiger partial charge on any atom is 0.225 e. The highest BCUT2D eigenvalue weighted by Crippen LogP contribution is 2.52. The predicted octanol–water partition coefficient (Wildman–Crippen LogP) is 6.83. The van der Waals surface area contributed by atoms with Crippen LogP contribution in [0.5, 0.6) is 5.75 Å². The van der Waals surface area contributed by atoms with Crippen molar-refractivity contribution in [3.05, 3.63) is 64.2 Å². The molecule has 7 nitrogen and oxygen atoms in total. The van der Waals surface area contributed by atoms with Gasteiger partial charge in [0, 0.05) is 30.4 Å². The minimum atomic E-state index is -1.28. The Bertz CT molecular complexity index is 1100. The Kier molecular flexibility index (Phi) is 12.5. The van der Waals surface area contributed by atoms with Crippen molar-refractivity contribution in [2.75, 3.05) is 39.6 Å². The zero-order valence-electron chi connectivity index (χ0n) is 25.7. The third-order valence-electron chi connectivity index (χ3n) is 8.12. The Morgan fingerprint density at radius 2 is 1.50 bits per heavy atom. The smallest absolute Gasteiger partial charge is 0.225 e. The Morgan fingerprint density at radius 3 is 2.12 bits per heavy atom. The molecule has 2 aromatic carbocycles. The van der Waals surface area contributed by atoms with Gasteiger partial charge in [0.15, 0.2) is 0 Å². The van der Waals surface area contributed by atoms with E-state index in [4.69, 9.17) is 40.0 Å². The lowest BCUT2D eigenvalue weighted by Crippen LogP contribution is -2.67. The summed E-state index contributed by atoms with van der Waals surface area (Å²) in [7, 11) is 0. The van der Waals surface area contributed by atoms with Gasteiger partial charge in [-0.05, 0) is 68.0 Å². The first-order valence-electron chi connectivity index (χ1n) is 15.8. The van der Waals surface area contributed by atoms with Crippen molar-refractivity contribution >= 4 is 11.6 Å². The third kappa shape index (κ3) is 7.32. The first-order valence-corrected chi connectivity index (χ1v) is 16.1. The zero-order chi connectivity index (χ0) is 30.0. The van der Waals surface area contributed by atoms with Crippen molar-refractivity contribution in [1.29, 1.82) is 0 Å². The van der Waals surface area contributed by atoms with Gasteiger partial charge in [-0.25, -0.2) is 0 Å². The van der Waals surface area contributed by atoms with Gasteiger partial charge in [-0.3, -0.25) is 0 Å². The van der Waals surface area contributed by atoms with E-state index in [-0.39, 0.29) is 13.2 Å². The van der Waals surface area contributed by atoms with Gasteiger partial charge in [0.05, 0.1) is 19.8 Å². The minimum absolute atomic E-state index is 0.165. The van der Waals surface area contributed by atoms with Gasteiger partial charge >= 0.3 is 0 Å². The third-order valence-corrected chi connectivity index (χ3v) is 8.49. The molecule has 0 radical (unpaired) electrons. The molecule has 0 saturated carbocycles. The van der Waals surface area contributed by atoms with Crippen molar-refractivity contribution in [3.63, 3.8) is 0 Å². The summed E-state index contributed by atoms with van der Waals surface area (Å²) < 4.78 is 38.7. The van der Waals surface area contributed by atoms with Crippen LogP contribution in [0.3, 0.4) is 0 Å². The Morgan fingerprint density at radius 1 is 0.857 bits per heavy atom. The van der Waals surface area contributed by atoms with E-state index >= 15 is 0 Å². The van der Waals surface area contributed by atoms with E-state index in [1.165, 1.54) is 0 Å². The molecule has 2 aliphatic rings. The molecular formula is C34H49ClO7. The zero-order valence-corrected chi connectivity index (χ0v) is 26.5. The summed E-state index contributed by atoms with van der Waals surface area (Å²) in [5.41, 5.74) is 1.77. The number of aliphatic hydroxyl groups is 1. The molecule has 234 valence electrons. The molecule has 3 unspecified atom stereocenters. The molecule has 8 heteroatoms. The average molecular weight is 605 g/mol. The van der Waals surface area contributed by atoms with Gasteiger partial charge in [0.25, 0.3) is 0 Å². The highest BCUT2D eigenvalue weighted by atomic mass is 35.5. The lowest BCUT2D eigenvalue weighted by atomic mass is 9.83. The molecule has 2 bridgehead atoms. The molecule has 2 heterocycles. The number of rotatable bonds is 18. The number of hydrogen-bond donors (Lipinski definition) is 1. The van der Waals surface area contributed by atoms with Crippen LogP contribution in [0.1, 0.15) is 82.9 Å². The summed E-state index contributed by atoms with van der Waals surface area (Å²) in [5, 5.41) is 11.4. The standard InChI is InChI=1S/C34H49ClO7/c1-5-9-18-38-30-31(39-19-10-6-2)33(23-36)24-41-34(42-33,32(30)40-20-11-7-3)27-14-17-29(35)26(22-27)21-25-12-15-28(16-13-25)37-8-4/h12-17,22,30-32,36H,5-11,18-21,23-24H2,1-4H3/t30-,31-,32?,33?,34?/m0/s1. The molecule has 0 spiro atoms. The lowest BCUT2D eigenvalue weighted by Gasteiger charge is -2.50. The van der Waals surface area contributed by atoms with Crippen LogP contribution >= 0.6 is 11.6 Å². The second-order valence-corrected chi connectivity index (χ2v) is 11.7. The number of ether oxygens (including phenoxy) is 6. The molecule has 0 aliphatic carbocycles. The monoisotopic (exact) mass is 604 g/mol. The second-order valence-electron chi connectivity index (χ2n) is 11.3. The van der Waals surface area contributed by atoms with E-state index in [0.29, 0.717) is 37.9 Å². The molecular weight excluding hydrogens is 556 g/mol. The van der Waals surface area contributed by atoms with Gasteiger partial charge in [-0.2, -0.15) is 0 Å². The van der Waals surface area contributed by atoms with Crippen LogP contribution < -0.4 is 4.74 Å². The van der Waals surface area contributed by atoms with Crippen LogP contribution in [0.25, 0.3) is 0 Å². The number of benzene rings is 2. The summed E-state index contributed by atoms with van der Waals surface area (Å²) in [6.07, 6.45) is 4.70. The van der Waals surface area contributed by atoms with Crippen LogP contribution in [0.2, 0.25) is 5.02 Å². The van der Waals surface area contributed by atoms with Crippen molar-refractivity contribution in [1.82, 2.24) is 0 Å². The number of aliphatic hydroxyl groups excluding tert-OH is 1. The average Bonchev–Trinajstić information content (AvgIpc) is 3.36. The number of hydrogen-bond acceptors (Lipinski definition) is 7. The second kappa shape index (κ2) is 15.8. The van der Waals surface area contributed by atoms with Crippen LogP contribution in [0, 0.1) is 0 Å². The highest BCUT2D eigenvalue weighted by Gasteiger charge is 2.69. The van der Waals surface area contributed by atoms with Crippen LogP contribution in [-0.4, -0.2) is 68.7 Å². The summed E-state index contributed by atoms with van der Waals surface area (Å²) in [6.45, 7) is 10.5. The van der Waals surface area contributed by atoms with E-state index < -0.39 is 29.7 Å². The fraction of sp³-hybridized carbons (Fsp3) is 0.647. The molecule has 42 heavy (non-hydrogen) atoms. The van der Waals surface area contributed by atoms with Crippen LogP contribution in [0.15, 0.2) is 42.5 Å². The Balaban J connectivity index is 1.73. The van der Waals surface area contributed by atoms with E-state index in [9.17, 15) is 5.11 Å². The van der Waals surface area contributed by atoms with Crippen molar-refractivity contribution < 1.29 is 33.5 Å². The number of fused-ring (bicyclic) bond motifs is 2. The molecule has 1 N–H and O–H groups in total. The fourth-order valence-electron chi connectivity index (χ4n) is 5.74. The topological polar surface area (TPSA) is 75.6 Å². The predicted molar refractivity (Wildman–Crippen MR) is 164 cm³/mol. The molecule has 2 fully saturated rings. The summed E-state index contributed by atoms with van der Waals surface area (Å²) >= 11 is 6.74. The molecule has 5 atom stereocenters. The first kappa shape index (κ1) is 33.2. The molecule has 2 saturated heterocycles. The van der Waals surface area contributed by atoms with Gasteiger partial charge < -0.3 is 33.5 Å². The number of halogens is 1. The quantitative estimate of drug-likeness (QED) is 0.187. The van der Waals surface area contributed by atoms with E-state index in [1.54, 1.807) is 0 Å². The Hall–Kier alpha value is -1.71. The molecule has 2 aliphatic heterocycles. The number of unbranched alkanes of at least 4 members (excludes halogenated alkanes) is 3. The van der Waals surface area contributed by atoms with Gasteiger partial charge in [0.1, 0.15) is 29.7 Å². The summed E-state index contributed by atoms with van der Waals surface area (Å²) in [4.78, 5) is 0. The summed E-state index contributed by atoms with van der Waals surface area (Å²) in [5.74, 6) is -0.442. The SMILES string of the molecule is CCCCOC1[C@@H](OCCCC)[C@H](OCCCC)C2(CO)COC1(c1ccc(Cl)c(Cc3ccc(OCC)cc3)c1)O2. The first-order chi connectivity index (χ1) is 20.5. The molecule has 0 aromatic heterocycles. The van der Waals surface area contributed by atoms with Crippen molar-refractivity contribution in [2.45, 2.75) is 102 Å². The molecule has 4 rings (SSSR count). The van der Waals surface area contributed by atoms with E-state index in [1.807, 2.05) is 37.3 Å². The lowest BCUT2D eigenvalue weighted by molar-refractivity contribution is -0.349. The largest absolute Gasteiger partial charge is 0.494 e. The van der Waals surface area contributed by atoms with Crippen molar-refractivity contribution in [2.24, 2.45) is 0 Å². The minimum Gasteiger partial charge on any atom is -0.494 e. The van der Waals surface area contributed by atoms with Gasteiger partial charge in [0.2, 0.25) is 5.79 Å². The maximum absolute atomic E-state index is 10.8. The van der Waals surface area contributed by atoms with Crippen LogP contribution in [0.4, 0.5) is 0 Å². The van der Waals surface area contributed by atoms with E-state index in [2.05, 4.69) is 32.9 Å². The molecule has 0 amide bonds. The van der Waals surface area contributed by atoms with Gasteiger partial charge in [-0.15, -0.1) is 0 Å². The van der Waals surface area contributed by atoms with Crippen molar-refractivity contribution in [3.8, 4) is 5.75 Å². The normalized spacial score (nSPS) is 27.0.